The Kier molecular flexibility index (Phi) is 4.64. The first-order valence-corrected chi connectivity index (χ1v) is 9.13. The molecule has 2 N–H and O–H groups in total. The van der Waals surface area contributed by atoms with Crippen LogP contribution in [-0.2, 0) is 0 Å². The molecule has 1 heterocycles. The summed E-state index contributed by atoms with van der Waals surface area (Å²) in [7, 11) is 1.54. The maximum atomic E-state index is 12.6. The number of methoxy groups -OCH3 is 1. The van der Waals surface area contributed by atoms with Gasteiger partial charge in [-0.15, -0.1) is 0 Å². The third kappa shape index (κ3) is 3.57. The van der Waals surface area contributed by atoms with E-state index in [0.29, 0.717) is 17.0 Å². The fraction of sp³-hybridized carbons (Fsp3) is 0.0476. The zero-order valence-electron chi connectivity index (χ0n) is 14.5. The van der Waals surface area contributed by atoms with E-state index in [1.54, 1.807) is 19.2 Å². The van der Waals surface area contributed by atoms with E-state index in [0.717, 1.165) is 26.9 Å². The first-order chi connectivity index (χ1) is 13.1. The first-order valence-electron chi connectivity index (χ1n) is 8.34. The molecule has 4 aromatic rings. The van der Waals surface area contributed by atoms with Crippen LogP contribution in [0.4, 0.5) is 5.69 Å². The Bertz CT molecular complexity index is 1090. The number of anilines is 1. The van der Waals surface area contributed by atoms with Crippen molar-refractivity contribution in [1.29, 1.82) is 0 Å². The number of imidazole rings is 1. The quantitative estimate of drug-likeness (QED) is 0.472. The lowest BCUT2D eigenvalue weighted by Gasteiger charge is -2.10. The van der Waals surface area contributed by atoms with E-state index in [9.17, 15) is 4.79 Å². The average Bonchev–Trinajstić information content (AvgIpc) is 3.12. The van der Waals surface area contributed by atoms with Gasteiger partial charge in [0.2, 0.25) is 0 Å². The number of H-pyrrole nitrogens is 1. The molecule has 5 nitrogen and oxygen atoms in total. The molecule has 0 radical (unpaired) electrons. The van der Waals surface area contributed by atoms with Crippen LogP contribution in [0.2, 0.25) is 0 Å². The monoisotopic (exact) mass is 421 g/mol. The number of carbonyl (C=O) groups excluding carboxylic acids is 1. The number of rotatable bonds is 4. The molecule has 0 saturated carbocycles. The van der Waals surface area contributed by atoms with E-state index in [1.165, 1.54) is 0 Å². The lowest BCUT2D eigenvalue weighted by atomic mass is 10.1. The van der Waals surface area contributed by atoms with Crippen LogP contribution in [0.5, 0.6) is 5.75 Å². The van der Waals surface area contributed by atoms with Crippen LogP contribution < -0.4 is 10.1 Å². The van der Waals surface area contributed by atoms with E-state index in [1.807, 2.05) is 54.6 Å². The maximum Gasteiger partial charge on any atom is 0.259 e. The Hall–Kier alpha value is -3.12. The average molecular weight is 422 g/mol. The lowest BCUT2D eigenvalue weighted by molar-refractivity contribution is 0.102. The minimum atomic E-state index is -0.232. The topological polar surface area (TPSA) is 67.0 Å². The van der Waals surface area contributed by atoms with Crippen molar-refractivity contribution in [3.8, 4) is 17.1 Å². The van der Waals surface area contributed by atoms with Crippen LogP contribution in [0.15, 0.2) is 71.2 Å². The van der Waals surface area contributed by atoms with Gasteiger partial charge in [-0.1, -0.05) is 28.1 Å². The summed E-state index contributed by atoms with van der Waals surface area (Å²) in [5.41, 5.74) is 4.03. The fourth-order valence-corrected chi connectivity index (χ4v) is 3.22. The minimum Gasteiger partial charge on any atom is -0.496 e. The maximum absolute atomic E-state index is 12.6. The van der Waals surface area contributed by atoms with Crippen LogP contribution in [0.1, 0.15) is 10.4 Å². The molecule has 134 valence electrons. The van der Waals surface area contributed by atoms with Gasteiger partial charge in [-0.3, -0.25) is 4.79 Å². The van der Waals surface area contributed by atoms with Gasteiger partial charge in [0.05, 0.1) is 23.7 Å². The molecule has 0 aliphatic rings. The normalized spacial score (nSPS) is 10.7. The molecule has 27 heavy (non-hydrogen) atoms. The highest BCUT2D eigenvalue weighted by Crippen LogP contribution is 2.25. The number of hydrogen-bond donors (Lipinski definition) is 2. The Labute approximate surface area is 164 Å². The smallest absolute Gasteiger partial charge is 0.259 e. The SMILES string of the molecule is COc1ccc(Br)cc1C(=O)Nc1ccc(-c2nc3ccccc3[nH]2)cc1. The standard InChI is InChI=1S/C21H16BrN3O2/c1-27-19-11-8-14(22)12-16(19)21(26)23-15-9-6-13(7-10-15)20-24-17-4-2-3-5-18(17)25-20/h2-12H,1H3,(H,23,26)(H,24,25). The summed E-state index contributed by atoms with van der Waals surface area (Å²) in [6, 6.07) is 20.8. The predicted molar refractivity (Wildman–Crippen MR) is 110 cm³/mol. The molecule has 0 aliphatic carbocycles. The molecule has 1 aromatic heterocycles. The summed E-state index contributed by atoms with van der Waals surface area (Å²) in [5.74, 6) is 1.09. The Morgan fingerprint density at radius 2 is 1.85 bits per heavy atom. The number of ether oxygens (including phenoxy) is 1. The summed E-state index contributed by atoms with van der Waals surface area (Å²) in [4.78, 5) is 20.5. The Morgan fingerprint density at radius 1 is 1.07 bits per heavy atom. The molecule has 0 unspecified atom stereocenters. The van der Waals surface area contributed by atoms with Gasteiger partial charge in [0.25, 0.3) is 5.91 Å². The van der Waals surface area contributed by atoms with Crippen LogP contribution in [-0.4, -0.2) is 23.0 Å². The summed E-state index contributed by atoms with van der Waals surface area (Å²) in [5, 5.41) is 2.90. The zero-order chi connectivity index (χ0) is 18.8. The predicted octanol–water partition coefficient (Wildman–Crippen LogP) is 5.25. The summed E-state index contributed by atoms with van der Waals surface area (Å²) in [6.07, 6.45) is 0. The molecule has 0 atom stereocenters. The van der Waals surface area contributed by atoms with Crippen molar-refractivity contribution in [3.63, 3.8) is 0 Å². The summed E-state index contributed by atoms with van der Waals surface area (Å²) >= 11 is 3.38. The van der Waals surface area contributed by atoms with Crippen molar-refractivity contribution in [2.45, 2.75) is 0 Å². The zero-order valence-corrected chi connectivity index (χ0v) is 16.1. The van der Waals surface area contributed by atoms with Crippen molar-refractivity contribution < 1.29 is 9.53 Å². The van der Waals surface area contributed by atoms with Crippen molar-refractivity contribution in [1.82, 2.24) is 9.97 Å². The molecule has 0 bridgehead atoms. The molecule has 0 spiro atoms. The molecule has 0 aliphatic heterocycles. The lowest BCUT2D eigenvalue weighted by Crippen LogP contribution is -2.13. The highest BCUT2D eigenvalue weighted by atomic mass is 79.9. The van der Waals surface area contributed by atoms with Gasteiger partial charge in [-0.2, -0.15) is 0 Å². The van der Waals surface area contributed by atoms with Gasteiger partial charge in [0, 0.05) is 15.7 Å². The molecule has 6 heteroatoms. The van der Waals surface area contributed by atoms with Crippen LogP contribution >= 0.6 is 15.9 Å². The van der Waals surface area contributed by atoms with Crippen LogP contribution in [0.25, 0.3) is 22.4 Å². The Balaban J connectivity index is 1.56. The van der Waals surface area contributed by atoms with E-state index < -0.39 is 0 Å². The van der Waals surface area contributed by atoms with Crippen LogP contribution in [0, 0.1) is 0 Å². The number of aromatic amines is 1. The van der Waals surface area contributed by atoms with E-state index in [-0.39, 0.29) is 5.91 Å². The number of fused-ring (bicyclic) bond motifs is 1. The number of nitrogens with one attached hydrogen (secondary N) is 2. The van der Waals surface area contributed by atoms with Gasteiger partial charge in [0.1, 0.15) is 11.6 Å². The molecule has 4 rings (SSSR count). The molecule has 0 saturated heterocycles. The van der Waals surface area contributed by atoms with E-state index in [4.69, 9.17) is 4.74 Å². The van der Waals surface area contributed by atoms with Crippen molar-refractivity contribution in [3.05, 3.63) is 76.8 Å². The number of nitrogens with zero attached hydrogens (tertiary/aromatic N) is 1. The number of benzene rings is 3. The third-order valence-electron chi connectivity index (χ3n) is 4.21. The van der Waals surface area contributed by atoms with E-state index in [2.05, 4.69) is 31.2 Å². The van der Waals surface area contributed by atoms with Gasteiger partial charge >= 0.3 is 0 Å². The molecular formula is C21H16BrN3O2. The number of hydrogen-bond acceptors (Lipinski definition) is 3. The van der Waals surface area contributed by atoms with Crippen molar-refractivity contribution >= 4 is 38.6 Å². The number of carbonyl (C=O) groups is 1. The first kappa shape index (κ1) is 17.3. The van der Waals surface area contributed by atoms with Gasteiger partial charge in [0.15, 0.2) is 0 Å². The summed E-state index contributed by atoms with van der Waals surface area (Å²) in [6.45, 7) is 0. The second kappa shape index (κ2) is 7.25. The number of amides is 1. The molecule has 1 amide bonds. The Morgan fingerprint density at radius 3 is 2.59 bits per heavy atom. The van der Waals surface area contributed by atoms with Gasteiger partial charge < -0.3 is 15.0 Å². The van der Waals surface area contributed by atoms with Crippen molar-refractivity contribution in [2.75, 3.05) is 12.4 Å². The third-order valence-corrected chi connectivity index (χ3v) is 4.70. The minimum absolute atomic E-state index is 0.232. The van der Waals surface area contributed by atoms with Crippen molar-refractivity contribution in [2.24, 2.45) is 0 Å². The van der Waals surface area contributed by atoms with Gasteiger partial charge in [-0.25, -0.2) is 4.98 Å². The summed E-state index contributed by atoms with van der Waals surface area (Å²) < 4.78 is 6.08. The molecular weight excluding hydrogens is 406 g/mol. The fourth-order valence-electron chi connectivity index (χ4n) is 2.86. The largest absolute Gasteiger partial charge is 0.496 e. The highest BCUT2D eigenvalue weighted by molar-refractivity contribution is 9.10. The number of aromatic nitrogens is 2. The highest BCUT2D eigenvalue weighted by Gasteiger charge is 2.13. The van der Waals surface area contributed by atoms with Gasteiger partial charge in [-0.05, 0) is 54.6 Å². The second-order valence-electron chi connectivity index (χ2n) is 5.98. The van der Waals surface area contributed by atoms with Crippen LogP contribution in [0.3, 0.4) is 0 Å². The number of para-hydroxylation sites is 2. The van der Waals surface area contributed by atoms with E-state index >= 15 is 0 Å². The molecule has 3 aromatic carbocycles. The molecule has 0 fully saturated rings. The second-order valence-corrected chi connectivity index (χ2v) is 6.89. The number of halogens is 1.